The van der Waals surface area contributed by atoms with Crippen molar-refractivity contribution in [1.82, 2.24) is 10.3 Å². The van der Waals surface area contributed by atoms with Crippen molar-refractivity contribution in [3.8, 4) is 0 Å². The molecular formula is C15H14ClFN2O. The second-order valence-electron chi connectivity index (χ2n) is 4.56. The SMILES string of the molecule is Cc1cc(Cl)c(C(=O)NC(C)c2cccc(F)c2)cn1. The van der Waals surface area contributed by atoms with Crippen LogP contribution in [0.5, 0.6) is 0 Å². The molecule has 1 aromatic carbocycles. The molecule has 104 valence electrons. The van der Waals surface area contributed by atoms with Crippen molar-refractivity contribution in [2.75, 3.05) is 0 Å². The van der Waals surface area contributed by atoms with Gasteiger partial charge in [-0.2, -0.15) is 0 Å². The molecule has 1 atom stereocenters. The Morgan fingerprint density at radius 2 is 2.15 bits per heavy atom. The Hall–Kier alpha value is -1.94. The minimum absolute atomic E-state index is 0.306. The van der Waals surface area contributed by atoms with Gasteiger partial charge in [-0.25, -0.2) is 4.39 Å². The molecule has 1 amide bonds. The van der Waals surface area contributed by atoms with E-state index >= 15 is 0 Å². The third-order valence-corrected chi connectivity index (χ3v) is 3.24. The van der Waals surface area contributed by atoms with Crippen LogP contribution in [0.25, 0.3) is 0 Å². The molecule has 0 spiro atoms. The molecule has 0 aliphatic carbocycles. The maximum Gasteiger partial charge on any atom is 0.254 e. The van der Waals surface area contributed by atoms with Crippen molar-refractivity contribution in [3.05, 3.63) is 64.2 Å². The molecule has 1 unspecified atom stereocenters. The first-order chi connectivity index (χ1) is 9.47. The van der Waals surface area contributed by atoms with Crippen LogP contribution in [0.4, 0.5) is 4.39 Å². The summed E-state index contributed by atoms with van der Waals surface area (Å²) in [5.74, 6) is -0.669. The van der Waals surface area contributed by atoms with Crippen molar-refractivity contribution in [3.63, 3.8) is 0 Å². The van der Waals surface area contributed by atoms with E-state index in [1.54, 1.807) is 32.0 Å². The molecule has 1 N–H and O–H groups in total. The van der Waals surface area contributed by atoms with Gasteiger partial charge in [0.1, 0.15) is 5.82 Å². The largest absolute Gasteiger partial charge is 0.345 e. The molecule has 0 saturated carbocycles. The summed E-state index contributed by atoms with van der Waals surface area (Å²) >= 11 is 6.02. The van der Waals surface area contributed by atoms with Gasteiger partial charge in [0.05, 0.1) is 16.6 Å². The fourth-order valence-corrected chi connectivity index (χ4v) is 2.12. The highest BCUT2D eigenvalue weighted by atomic mass is 35.5. The van der Waals surface area contributed by atoms with Crippen LogP contribution in [-0.4, -0.2) is 10.9 Å². The molecule has 0 saturated heterocycles. The van der Waals surface area contributed by atoms with Crippen molar-refractivity contribution in [2.24, 2.45) is 0 Å². The summed E-state index contributed by atoms with van der Waals surface area (Å²) in [7, 11) is 0. The summed E-state index contributed by atoms with van der Waals surface area (Å²) < 4.78 is 13.2. The topological polar surface area (TPSA) is 42.0 Å². The highest BCUT2D eigenvalue weighted by Gasteiger charge is 2.15. The van der Waals surface area contributed by atoms with Crippen molar-refractivity contribution >= 4 is 17.5 Å². The van der Waals surface area contributed by atoms with Gasteiger partial charge in [0, 0.05) is 11.9 Å². The molecule has 0 aliphatic heterocycles. The van der Waals surface area contributed by atoms with E-state index in [0.717, 1.165) is 5.69 Å². The van der Waals surface area contributed by atoms with Crippen LogP contribution in [0.3, 0.4) is 0 Å². The maximum absolute atomic E-state index is 13.2. The first-order valence-corrected chi connectivity index (χ1v) is 6.53. The molecule has 1 aromatic heterocycles. The minimum Gasteiger partial charge on any atom is -0.345 e. The molecule has 5 heteroatoms. The number of aryl methyl sites for hydroxylation is 1. The van der Waals surface area contributed by atoms with Crippen LogP contribution in [0.1, 0.15) is 34.6 Å². The molecular weight excluding hydrogens is 279 g/mol. The Bertz CT molecular complexity index is 646. The summed E-state index contributed by atoms with van der Waals surface area (Å²) in [6.45, 7) is 3.57. The molecule has 0 aliphatic rings. The van der Waals surface area contributed by atoms with E-state index in [1.165, 1.54) is 18.3 Å². The molecule has 0 radical (unpaired) electrons. The summed E-state index contributed by atoms with van der Waals surface area (Å²) in [6.07, 6.45) is 1.44. The number of amides is 1. The monoisotopic (exact) mass is 292 g/mol. The second kappa shape index (κ2) is 6.01. The highest BCUT2D eigenvalue weighted by molar-refractivity contribution is 6.33. The van der Waals surface area contributed by atoms with E-state index in [4.69, 9.17) is 11.6 Å². The quantitative estimate of drug-likeness (QED) is 0.938. The average molecular weight is 293 g/mol. The van der Waals surface area contributed by atoms with E-state index in [0.29, 0.717) is 16.1 Å². The smallest absolute Gasteiger partial charge is 0.254 e. The Balaban J connectivity index is 2.15. The van der Waals surface area contributed by atoms with Crippen LogP contribution < -0.4 is 5.32 Å². The van der Waals surface area contributed by atoms with Gasteiger partial charge in [-0.3, -0.25) is 9.78 Å². The number of carbonyl (C=O) groups excluding carboxylic acids is 1. The summed E-state index contributed by atoms with van der Waals surface area (Å²) in [5.41, 5.74) is 1.74. The van der Waals surface area contributed by atoms with Crippen LogP contribution in [0, 0.1) is 12.7 Å². The molecule has 0 bridgehead atoms. The van der Waals surface area contributed by atoms with Crippen LogP contribution in [0.2, 0.25) is 5.02 Å². The van der Waals surface area contributed by atoms with Crippen molar-refractivity contribution in [1.29, 1.82) is 0 Å². The predicted octanol–water partition coefficient (Wildman–Crippen LogP) is 3.67. The Morgan fingerprint density at radius 3 is 2.80 bits per heavy atom. The number of nitrogens with zero attached hydrogens (tertiary/aromatic N) is 1. The normalized spacial score (nSPS) is 12.0. The van der Waals surface area contributed by atoms with E-state index in [1.807, 2.05) is 0 Å². The van der Waals surface area contributed by atoms with Crippen LogP contribution in [-0.2, 0) is 0 Å². The fraction of sp³-hybridized carbons (Fsp3) is 0.200. The van der Waals surface area contributed by atoms with Gasteiger partial charge >= 0.3 is 0 Å². The number of halogens is 2. The number of hydrogen-bond donors (Lipinski definition) is 1. The minimum atomic E-state index is -0.335. The number of carbonyl (C=O) groups is 1. The van der Waals surface area contributed by atoms with Gasteiger partial charge in [0.25, 0.3) is 5.91 Å². The zero-order chi connectivity index (χ0) is 14.7. The summed E-state index contributed by atoms with van der Waals surface area (Å²) in [5, 5.41) is 3.12. The predicted molar refractivity (Wildman–Crippen MR) is 76.3 cm³/mol. The van der Waals surface area contributed by atoms with Crippen molar-refractivity contribution < 1.29 is 9.18 Å². The van der Waals surface area contributed by atoms with E-state index < -0.39 is 0 Å². The number of aromatic nitrogens is 1. The number of rotatable bonds is 3. The third-order valence-electron chi connectivity index (χ3n) is 2.93. The first-order valence-electron chi connectivity index (χ1n) is 6.16. The number of hydrogen-bond acceptors (Lipinski definition) is 2. The lowest BCUT2D eigenvalue weighted by atomic mass is 10.1. The van der Waals surface area contributed by atoms with Gasteiger partial charge in [-0.05, 0) is 37.6 Å². The zero-order valence-electron chi connectivity index (χ0n) is 11.2. The number of benzene rings is 1. The van der Waals surface area contributed by atoms with Crippen LogP contribution in [0.15, 0.2) is 36.5 Å². The maximum atomic E-state index is 13.2. The summed E-state index contributed by atoms with van der Waals surface area (Å²) in [4.78, 5) is 16.2. The Kier molecular flexibility index (Phi) is 4.35. The third kappa shape index (κ3) is 3.33. The van der Waals surface area contributed by atoms with Gasteiger partial charge in [0.15, 0.2) is 0 Å². The lowest BCUT2D eigenvalue weighted by Crippen LogP contribution is -2.27. The van der Waals surface area contributed by atoms with Crippen LogP contribution >= 0.6 is 11.6 Å². The molecule has 2 rings (SSSR count). The van der Waals surface area contributed by atoms with Gasteiger partial charge < -0.3 is 5.32 Å². The van der Waals surface area contributed by atoms with Gasteiger partial charge in [-0.15, -0.1) is 0 Å². The Morgan fingerprint density at radius 1 is 1.40 bits per heavy atom. The van der Waals surface area contributed by atoms with E-state index in [-0.39, 0.29) is 17.8 Å². The standard InChI is InChI=1S/C15H14ClFN2O/c1-9-6-14(16)13(8-18-9)15(20)19-10(2)11-4-3-5-12(17)7-11/h3-8,10H,1-2H3,(H,19,20). The fourth-order valence-electron chi connectivity index (χ4n) is 1.83. The molecule has 1 heterocycles. The number of nitrogens with one attached hydrogen (secondary N) is 1. The lowest BCUT2D eigenvalue weighted by molar-refractivity contribution is 0.0939. The lowest BCUT2D eigenvalue weighted by Gasteiger charge is -2.15. The zero-order valence-corrected chi connectivity index (χ0v) is 11.9. The van der Waals surface area contributed by atoms with E-state index in [9.17, 15) is 9.18 Å². The van der Waals surface area contributed by atoms with E-state index in [2.05, 4.69) is 10.3 Å². The van der Waals surface area contributed by atoms with Crippen molar-refractivity contribution in [2.45, 2.75) is 19.9 Å². The highest BCUT2D eigenvalue weighted by Crippen LogP contribution is 2.18. The van der Waals surface area contributed by atoms with Gasteiger partial charge in [-0.1, -0.05) is 23.7 Å². The molecule has 0 fully saturated rings. The Labute approximate surface area is 121 Å². The molecule has 20 heavy (non-hydrogen) atoms. The molecule has 2 aromatic rings. The van der Waals surface area contributed by atoms with Gasteiger partial charge in [0.2, 0.25) is 0 Å². The number of pyridine rings is 1. The molecule has 3 nitrogen and oxygen atoms in total. The second-order valence-corrected chi connectivity index (χ2v) is 4.96. The summed E-state index contributed by atoms with van der Waals surface area (Å²) in [6, 6.07) is 7.41. The average Bonchev–Trinajstić information content (AvgIpc) is 2.38. The first kappa shape index (κ1) is 14.5.